The summed E-state index contributed by atoms with van der Waals surface area (Å²) in [6.07, 6.45) is 4.47. The smallest absolute Gasteiger partial charge is 0.259 e. The molecule has 2 heterocycles. The van der Waals surface area contributed by atoms with Crippen molar-refractivity contribution in [3.63, 3.8) is 0 Å². The van der Waals surface area contributed by atoms with E-state index in [1.54, 1.807) is 73.7 Å². The van der Waals surface area contributed by atoms with Crippen LogP contribution in [0.2, 0.25) is 10.0 Å². The molecule has 0 radical (unpaired) electrons. The van der Waals surface area contributed by atoms with E-state index in [2.05, 4.69) is 5.32 Å². The molecule has 0 spiro atoms. The highest BCUT2D eigenvalue weighted by Crippen LogP contribution is 2.34. The predicted octanol–water partition coefficient (Wildman–Crippen LogP) is 7.30. The van der Waals surface area contributed by atoms with Crippen LogP contribution in [0.1, 0.15) is 32.2 Å². The lowest BCUT2D eigenvalue weighted by Gasteiger charge is -2.05. The Hall–Kier alpha value is -3.54. The van der Waals surface area contributed by atoms with Crippen molar-refractivity contribution < 1.29 is 18.4 Å². The third-order valence-electron chi connectivity index (χ3n) is 4.77. The molecule has 32 heavy (non-hydrogen) atoms. The standard InChI is InChI=1S/C25H17Cl2NO4/c1-15-19(13-14-31-15)25(30)28-17-7-5-16(6-8-17)22(29)11-9-18-10-12-23(32-18)20-3-2-4-21(26)24(20)27/h2-14H,1H3,(H,28,30)/b11-9+. The first-order valence-electron chi connectivity index (χ1n) is 9.64. The highest BCUT2D eigenvalue weighted by atomic mass is 35.5. The number of rotatable bonds is 6. The number of hydrogen-bond acceptors (Lipinski definition) is 4. The van der Waals surface area contributed by atoms with Gasteiger partial charge in [0.2, 0.25) is 0 Å². The van der Waals surface area contributed by atoms with Crippen molar-refractivity contribution in [1.82, 2.24) is 0 Å². The second kappa shape index (κ2) is 9.30. The summed E-state index contributed by atoms with van der Waals surface area (Å²) in [5.41, 5.74) is 2.19. The van der Waals surface area contributed by atoms with Crippen molar-refractivity contribution in [3.8, 4) is 11.3 Å². The average molecular weight is 466 g/mol. The van der Waals surface area contributed by atoms with Crippen molar-refractivity contribution >= 4 is 46.7 Å². The number of aryl methyl sites for hydroxylation is 1. The minimum absolute atomic E-state index is 0.202. The summed E-state index contributed by atoms with van der Waals surface area (Å²) in [5.74, 6) is 1.12. The fraction of sp³-hybridized carbons (Fsp3) is 0.0400. The Kier molecular flexibility index (Phi) is 6.30. The lowest BCUT2D eigenvalue weighted by molar-refractivity contribution is 0.102. The molecule has 2 aromatic heterocycles. The molecule has 0 aliphatic heterocycles. The number of ketones is 1. The molecular weight excluding hydrogens is 449 g/mol. The summed E-state index contributed by atoms with van der Waals surface area (Å²) in [6, 6.07) is 17.0. The van der Waals surface area contributed by atoms with E-state index in [-0.39, 0.29) is 11.7 Å². The van der Waals surface area contributed by atoms with Gasteiger partial charge in [-0.3, -0.25) is 9.59 Å². The van der Waals surface area contributed by atoms with Crippen LogP contribution in [0.15, 0.2) is 81.8 Å². The lowest BCUT2D eigenvalue weighted by Crippen LogP contribution is -2.12. The lowest BCUT2D eigenvalue weighted by atomic mass is 10.1. The molecule has 0 fully saturated rings. The number of carbonyl (C=O) groups is 2. The van der Waals surface area contributed by atoms with Gasteiger partial charge < -0.3 is 14.2 Å². The van der Waals surface area contributed by atoms with E-state index in [1.807, 2.05) is 0 Å². The highest BCUT2D eigenvalue weighted by Gasteiger charge is 2.12. The fourth-order valence-electron chi connectivity index (χ4n) is 3.07. The summed E-state index contributed by atoms with van der Waals surface area (Å²) < 4.78 is 10.9. The molecule has 0 unspecified atom stereocenters. The highest BCUT2D eigenvalue weighted by molar-refractivity contribution is 6.43. The minimum atomic E-state index is -0.274. The Morgan fingerprint density at radius 2 is 1.75 bits per heavy atom. The van der Waals surface area contributed by atoms with E-state index in [4.69, 9.17) is 32.0 Å². The second-order valence-corrected chi connectivity index (χ2v) is 7.71. The van der Waals surface area contributed by atoms with Gasteiger partial charge in [-0.05, 0) is 73.7 Å². The molecule has 2 aromatic carbocycles. The third-order valence-corrected chi connectivity index (χ3v) is 5.59. The average Bonchev–Trinajstić information content (AvgIpc) is 3.43. The largest absolute Gasteiger partial charge is 0.469 e. The van der Waals surface area contributed by atoms with E-state index < -0.39 is 0 Å². The first-order chi connectivity index (χ1) is 15.4. The summed E-state index contributed by atoms with van der Waals surface area (Å²) in [4.78, 5) is 24.7. The first-order valence-corrected chi connectivity index (χ1v) is 10.4. The second-order valence-electron chi connectivity index (χ2n) is 6.92. The quantitative estimate of drug-likeness (QED) is 0.239. The number of hydrogen-bond donors (Lipinski definition) is 1. The number of carbonyl (C=O) groups excluding carboxylic acids is 2. The Morgan fingerprint density at radius 1 is 0.969 bits per heavy atom. The van der Waals surface area contributed by atoms with Gasteiger partial charge in [0.1, 0.15) is 17.3 Å². The number of nitrogens with one attached hydrogen (secondary N) is 1. The molecule has 0 saturated heterocycles. The molecular formula is C25H17Cl2NO4. The topological polar surface area (TPSA) is 72.5 Å². The molecule has 160 valence electrons. The molecule has 0 bridgehead atoms. The van der Waals surface area contributed by atoms with Crippen LogP contribution in [0.25, 0.3) is 17.4 Å². The first kappa shape index (κ1) is 21.7. The Labute approximate surface area is 194 Å². The molecule has 4 aromatic rings. The van der Waals surface area contributed by atoms with Gasteiger partial charge in [0.25, 0.3) is 5.91 Å². The molecule has 0 atom stereocenters. The van der Waals surface area contributed by atoms with Gasteiger partial charge in [-0.15, -0.1) is 0 Å². The van der Waals surface area contributed by atoms with Crippen LogP contribution < -0.4 is 5.32 Å². The number of furan rings is 2. The van der Waals surface area contributed by atoms with Crippen molar-refractivity contribution in [2.24, 2.45) is 0 Å². The van der Waals surface area contributed by atoms with Gasteiger partial charge in [-0.1, -0.05) is 29.3 Å². The fourth-order valence-corrected chi connectivity index (χ4v) is 3.47. The molecule has 7 heteroatoms. The van der Waals surface area contributed by atoms with Crippen molar-refractivity contribution in [1.29, 1.82) is 0 Å². The summed E-state index contributed by atoms with van der Waals surface area (Å²) >= 11 is 12.3. The molecule has 4 rings (SSSR count). The van der Waals surface area contributed by atoms with Crippen LogP contribution in [0, 0.1) is 6.92 Å². The van der Waals surface area contributed by atoms with Crippen molar-refractivity contribution in [2.45, 2.75) is 6.92 Å². The maximum absolute atomic E-state index is 12.5. The summed E-state index contributed by atoms with van der Waals surface area (Å²) in [6.45, 7) is 1.72. The van der Waals surface area contributed by atoms with Crippen LogP contribution in [-0.4, -0.2) is 11.7 Å². The minimum Gasteiger partial charge on any atom is -0.469 e. The van der Waals surface area contributed by atoms with Crippen LogP contribution in [0.5, 0.6) is 0 Å². The van der Waals surface area contributed by atoms with Gasteiger partial charge in [0.05, 0.1) is 21.9 Å². The molecule has 0 aliphatic rings. The molecule has 0 aliphatic carbocycles. The normalized spacial score (nSPS) is 11.1. The number of benzene rings is 2. The van der Waals surface area contributed by atoms with Crippen molar-refractivity contribution in [2.75, 3.05) is 5.32 Å². The van der Waals surface area contributed by atoms with Crippen LogP contribution in [0.3, 0.4) is 0 Å². The van der Waals surface area contributed by atoms with Crippen LogP contribution >= 0.6 is 23.2 Å². The van der Waals surface area contributed by atoms with Crippen LogP contribution in [0.4, 0.5) is 5.69 Å². The Bertz CT molecular complexity index is 1320. The molecule has 1 N–H and O–H groups in total. The number of amides is 1. The van der Waals surface area contributed by atoms with Gasteiger partial charge >= 0.3 is 0 Å². The zero-order valence-electron chi connectivity index (χ0n) is 16.9. The third kappa shape index (κ3) is 4.69. The van der Waals surface area contributed by atoms with E-state index in [9.17, 15) is 9.59 Å². The van der Waals surface area contributed by atoms with Crippen LogP contribution in [-0.2, 0) is 0 Å². The van der Waals surface area contributed by atoms with Gasteiger partial charge in [-0.25, -0.2) is 0 Å². The van der Waals surface area contributed by atoms with E-state index in [1.165, 1.54) is 12.3 Å². The monoisotopic (exact) mass is 465 g/mol. The maximum atomic E-state index is 12.5. The van der Waals surface area contributed by atoms with Gasteiger partial charge in [-0.2, -0.15) is 0 Å². The van der Waals surface area contributed by atoms with E-state index >= 15 is 0 Å². The molecule has 0 saturated carbocycles. The SMILES string of the molecule is Cc1occc1C(=O)Nc1ccc(C(=O)/C=C/c2ccc(-c3cccc(Cl)c3Cl)o2)cc1. The Morgan fingerprint density at radius 3 is 2.47 bits per heavy atom. The Balaban J connectivity index is 1.42. The maximum Gasteiger partial charge on any atom is 0.259 e. The summed E-state index contributed by atoms with van der Waals surface area (Å²) in [7, 11) is 0. The number of allylic oxidation sites excluding steroid dienone is 1. The van der Waals surface area contributed by atoms with Gasteiger partial charge in [0, 0.05) is 16.8 Å². The summed E-state index contributed by atoms with van der Waals surface area (Å²) in [5, 5.41) is 3.62. The van der Waals surface area contributed by atoms with E-state index in [0.717, 1.165) is 0 Å². The van der Waals surface area contributed by atoms with Gasteiger partial charge in [0.15, 0.2) is 5.78 Å². The zero-order chi connectivity index (χ0) is 22.7. The molecule has 1 amide bonds. The predicted molar refractivity (Wildman–Crippen MR) is 125 cm³/mol. The van der Waals surface area contributed by atoms with E-state index in [0.29, 0.717) is 49.7 Å². The zero-order valence-corrected chi connectivity index (χ0v) is 18.4. The van der Waals surface area contributed by atoms with Crippen molar-refractivity contribution in [3.05, 3.63) is 106 Å². The number of anilines is 1. The molecule has 5 nitrogen and oxygen atoms in total. The number of halogens is 2.